The number of aromatic nitrogens is 3. The van der Waals surface area contributed by atoms with E-state index in [0.717, 1.165) is 55.0 Å². The Labute approximate surface area is 246 Å². The van der Waals surface area contributed by atoms with Gasteiger partial charge in [0, 0.05) is 35.9 Å². The maximum Gasteiger partial charge on any atom is 0.247 e. The number of pyridine rings is 1. The molecule has 0 bridgehead atoms. The van der Waals surface area contributed by atoms with Crippen molar-refractivity contribution < 1.29 is 14.3 Å². The second-order valence-corrected chi connectivity index (χ2v) is 10.4. The first-order valence-electron chi connectivity index (χ1n) is 14.1. The number of anilines is 3. The lowest BCUT2D eigenvalue weighted by Crippen LogP contribution is -2.43. The van der Waals surface area contributed by atoms with Crippen molar-refractivity contribution in [2.45, 2.75) is 25.5 Å². The molecule has 218 valence electrons. The Morgan fingerprint density at radius 2 is 1.88 bits per heavy atom. The molecule has 0 aliphatic carbocycles. The van der Waals surface area contributed by atoms with E-state index in [1.54, 1.807) is 6.20 Å². The summed E-state index contributed by atoms with van der Waals surface area (Å²) in [4.78, 5) is 30.2. The number of carbonyl (C=O) groups excluding carboxylic acids is 1. The van der Waals surface area contributed by atoms with E-state index in [-0.39, 0.29) is 5.91 Å². The van der Waals surface area contributed by atoms with Crippen LogP contribution in [-0.4, -0.2) is 77.0 Å². The molecular formula is C32H37N7O3. The molecule has 10 heteroatoms. The fraction of sp³-hybridized carbons (Fsp3) is 0.312. The Kier molecular flexibility index (Phi) is 9.58. The van der Waals surface area contributed by atoms with Crippen LogP contribution in [0.4, 0.5) is 17.2 Å². The third kappa shape index (κ3) is 7.59. The quantitative estimate of drug-likeness (QED) is 0.232. The van der Waals surface area contributed by atoms with Gasteiger partial charge in [0.15, 0.2) is 0 Å². The van der Waals surface area contributed by atoms with Gasteiger partial charge in [0.05, 0.1) is 16.9 Å². The summed E-state index contributed by atoms with van der Waals surface area (Å²) in [6.45, 7) is 7.38. The van der Waals surface area contributed by atoms with Gasteiger partial charge in [-0.2, -0.15) is 0 Å². The Morgan fingerprint density at radius 1 is 1.07 bits per heavy atom. The average Bonchev–Trinajstić information content (AvgIpc) is 3.02. The minimum atomic E-state index is -0.322. The molecule has 0 saturated carbocycles. The number of hydrogen-bond donors (Lipinski definition) is 2. The van der Waals surface area contributed by atoms with Crippen molar-refractivity contribution >= 4 is 34.0 Å². The van der Waals surface area contributed by atoms with Crippen LogP contribution < -0.4 is 20.1 Å². The summed E-state index contributed by atoms with van der Waals surface area (Å²) in [5.74, 6) is 1.57. The molecule has 1 saturated heterocycles. The lowest BCUT2D eigenvalue weighted by molar-refractivity contribution is -0.111. The molecule has 0 atom stereocenters. The first kappa shape index (κ1) is 29.0. The van der Waals surface area contributed by atoms with Gasteiger partial charge in [0.1, 0.15) is 36.9 Å². The van der Waals surface area contributed by atoms with Crippen LogP contribution in [0.1, 0.15) is 18.5 Å². The Balaban J connectivity index is 1.27. The highest BCUT2D eigenvalue weighted by molar-refractivity contribution is 6.03. The fourth-order valence-electron chi connectivity index (χ4n) is 4.94. The van der Waals surface area contributed by atoms with Crippen molar-refractivity contribution in [1.82, 2.24) is 24.8 Å². The third-order valence-electron chi connectivity index (χ3n) is 7.36. The van der Waals surface area contributed by atoms with Gasteiger partial charge in [0.2, 0.25) is 5.91 Å². The monoisotopic (exact) mass is 567 g/mol. The molecule has 3 heterocycles. The highest BCUT2D eigenvalue weighted by Gasteiger charge is 2.20. The summed E-state index contributed by atoms with van der Waals surface area (Å²) in [5, 5.41) is 6.98. The molecule has 4 aromatic rings. The Hall–Kier alpha value is -4.54. The molecule has 10 nitrogen and oxygen atoms in total. The number of carbonyl (C=O) groups is 1. The summed E-state index contributed by atoms with van der Waals surface area (Å²) in [7, 11) is 4.29. The number of fused-ring (bicyclic) bond motifs is 1. The summed E-state index contributed by atoms with van der Waals surface area (Å²) < 4.78 is 12.0. The molecule has 1 aliphatic heterocycles. The first-order chi connectivity index (χ1) is 20.5. The number of hydrogen-bond acceptors (Lipinski definition) is 9. The molecule has 2 aromatic carbocycles. The minimum Gasteiger partial charge on any atom is -0.490 e. The summed E-state index contributed by atoms with van der Waals surface area (Å²) in [6.07, 6.45) is 6.79. The smallest absolute Gasteiger partial charge is 0.247 e. The number of benzene rings is 2. The van der Waals surface area contributed by atoms with Gasteiger partial charge in [0.25, 0.3) is 0 Å². The van der Waals surface area contributed by atoms with Crippen LogP contribution in [0.15, 0.2) is 79.8 Å². The van der Waals surface area contributed by atoms with E-state index in [0.29, 0.717) is 42.0 Å². The zero-order chi connectivity index (χ0) is 29.3. The van der Waals surface area contributed by atoms with Crippen molar-refractivity contribution in [2.75, 3.05) is 51.0 Å². The van der Waals surface area contributed by atoms with Crippen LogP contribution in [0.5, 0.6) is 11.5 Å². The van der Waals surface area contributed by atoms with Crippen LogP contribution in [0, 0.1) is 0 Å². The maximum absolute atomic E-state index is 12.3. The molecule has 2 aromatic heterocycles. The zero-order valence-electron chi connectivity index (χ0n) is 24.1. The van der Waals surface area contributed by atoms with E-state index in [4.69, 9.17) is 9.47 Å². The van der Waals surface area contributed by atoms with Crippen LogP contribution in [0.3, 0.4) is 0 Å². The number of nitrogens with zero attached hydrogens (tertiary/aromatic N) is 5. The molecular weight excluding hydrogens is 530 g/mol. The molecule has 1 amide bonds. The molecule has 0 radical (unpaired) electrons. The number of nitrogens with one attached hydrogen (secondary N) is 2. The molecule has 1 fully saturated rings. The molecule has 0 unspecified atom stereocenters. The van der Waals surface area contributed by atoms with E-state index in [2.05, 4.69) is 56.1 Å². The van der Waals surface area contributed by atoms with Gasteiger partial charge in [-0.3, -0.25) is 14.7 Å². The van der Waals surface area contributed by atoms with E-state index in [1.807, 2.05) is 54.6 Å². The summed E-state index contributed by atoms with van der Waals surface area (Å²) in [6, 6.07) is 17.7. The molecule has 2 N–H and O–H groups in total. The second-order valence-electron chi connectivity index (χ2n) is 10.4. The number of amides is 1. The molecule has 5 rings (SSSR count). The van der Waals surface area contributed by atoms with Gasteiger partial charge in [-0.15, -0.1) is 0 Å². The molecule has 1 aliphatic rings. The zero-order valence-corrected chi connectivity index (χ0v) is 24.1. The lowest BCUT2D eigenvalue weighted by atomic mass is 10.0. The van der Waals surface area contributed by atoms with Crippen LogP contribution in [-0.2, 0) is 11.4 Å². The maximum atomic E-state index is 12.3. The molecule has 0 spiro atoms. The van der Waals surface area contributed by atoms with Gasteiger partial charge in [-0.25, -0.2) is 9.97 Å². The fourth-order valence-corrected chi connectivity index (χ4v) is 4.94. The van der Waals surface area contributed by atoms with Crippen LogP contribution in [0.2, 0.25) is 0 Å². The predicted molar refractivity (Wildman–Crippen MR) is 165 cm³/mol. The number of likely N-dealkylation sites (tertiary alicyclic amines) is 1. The number of piperidine rings is 1. The van der Waals surface area contributed by atoms with Gasteiger partial charge in [-0.05, 0) is 88.6 Å². The van der Waals surface area contributed by atoms with Gasteiger partial charge in [-0.1, -0.05) is 12.6 Å². The normalized spacial score (nSPS) is 14.1. The highest BCUT2D eigenvalue weighted by atomic mass is 16.5. The summed E-state index contributed by atoms with van der Waals surface area (Å²) >= 11 is 0. The second kappa shape index (κ2) is 13.9. The standard InChI is InChI=1S/C32H37N7O3/c1-4-31(40)37-29-19-27-28(20-30(29)41-18-17-39-15-12-25(13-16-39)38(2)3)34-22-35-32(27)36-23-8-10-26(11-9-23)42-21-24-7-5-6-14-33-24/h4-11,14,19-20,22,25H,1,12-13,15-18,21H2,2-3H3,(H,37,40)(H,34,35,36). The average molecular weight is 568 g/mol. The lowest BCUT2D eigenvalue weighted by Gasteiger charge is -2.35. The van der Waals surface area contributed by atoms with Crippen molar-refractivity contribution in [3.63, 3.8) is 0 Å². The van der Waals surface area contributed by atoms with E-state index in [1.165, 1.54) is 12.4 Å². The SMILES string of the molecule is C=CC(=O)Nc1cc2c(Nc3ccc(OCc4ccccn4)cc3)ncnc2cc1OCCN1CCC(N(C)C)CC1. The number of ether oxygens (including phenoxy) is 2. The van der Waals surface area contributed by atoms with E-state index >= 15 is 0 Å². The predicted octanol–water partition coefficient (Wildman–Crippen LogP) is 4.88. The van der Waals surface area contributed by atoms with Crippen molar-refractivity contribution in [2.24, 2.45) is 0 Å². The van der Waals surface area contributed by atoms with Gasteiger partial charge >= 0.3 is 0 Å². The Bertz CT molecular complexity index is 1490. The Morgan fingerprint density at radius 3 is 2.60 bits per heavy atom. The van der Waals surface area contributed by atoms with Crippen molar-refractivity contribution in [1.29, 1.82) is 0 Å². The van der Waals surface area contributed by atoms with Crippen LogP contribution >= 0.6 is 0 Å². The van der Waals surface area contributed by atoms with Gasteiger partial charge < -0.3 is 25.0 Å². The topological polar surface area (TPSA) is 105 Å². The van der Waals surface area contributed by atoms with E-state index in [9.17, 15) is 4.79 Å². The van der Waals surface area contributed by atoms with Crippen molar-refractivity contribution in [3.8, 4) is 11.5 Å². The minimum absolute atomic E-state index is 0.322. The van der Waals surface area contributed by atoms with E-state index < -0.39 is 0 Å². The molecule has 42 heavy (non-hydrogen) atoms. The third-order valence-corrected chi connectivity index (χ3v) is 7.36. The largest absolute Gasteiger partial charge is 0.490 e. The first-order valence-corrected chi connectivity index (χ1v) is 14.1. The summed E-state index contributed by atoms with van der Waals surface area (Å²) in [5.41, 5.74) is 2.92. The number of rotatable bonds is 12. The van der Waals surface area contributed by atoms with Crippen molar-refractivity contribution in [3.05, 3.63) is 85.5 Å². The highest BCUT2D eigenvalue weighted by Crippen LogP contribution is 2.34. The van der Waals surface area contributed by atoms with Crippen LogP contribution in [0.25, 0.3) is 10.9 Å².